The Morgan fingerprint density at radius 2 is 1.52 bits per heavy atom. The number of amides is 1. The van der Waals surface area contributed by atoms with E-state index in [0.29, 0.717) is 37.4 Å². The van der Waals surface area contributed by atoms with Gasteiger partial charge in [0.05, 0.1) is 4.90 Å². The summed E-state index contributed by atoms with van der Waals surface area (Å²) in [6, 6.07) is 15.0. The maximum absolute atomic E-state index is 12.7. The van der Waals surface area contributed by atoms with Crippen molar-refractivity contribution in [2.75, 3.05) is 38.5 Å². The zero-order valence-corrected chi connectivity index (χ0v) is 17.2. The molecule has 2 aromatic carbocycles. The first-order chi connectivity index (χ1) is 13.9. The van der Waals surface area contributed by atoms with Gasteiger partial charge in [0.1, 0.15) is 0 Å². The van der Waals surface area contributed by atoms with Crippen LogP contribution < -0.4 is 5.32 Å². The van der Waals surface area contributed by atoms with Crippen LogP contribution in [-0.2, 0) is 14.8 Å². The van der Waals surface area contributed by atoms with Crippen molar-refractivity contribution in [1.29, 1.82) is 0 Å². The van der Waals surface area contributed by atoms with Gasteiger partial charge in [-0.1, -0.05) is 30.3 Å². The van der Waals surface area contributed by atoms with Gasteiger partial charge in [-0.15, -0.1) is 0 Å². The minimum absolute atomic E-state index is 0.0646. The Morgan fingerprint density at radius 3 is 2.14 bits per heavy atom. The molecule has 0 aliphatic carbocycles. The fourth-order valence-corrected chi connectivity index (χ4v) is 4.53. The molecule has 1 heterocycles. The predicted molar refractivity (Wildman–Crippen MR) is 111 cm³/mol. The van der Waals surface area contributed by atoms with Crippen LogP contribution >= 0.6 is 0 Å². The largest absolute Gasteiger partial charge is 0.326 e. The van der Waals surface area contributed by atoms with E-state index in [2.05, 4.69) is 10.2 Å². The summed E-state index contributed by atoms with van der Waals surface area (Å²) in [4.78, 5) is 26.5. The number of benzene rings is 2. The molecule has 1 fully saturated rings. The number of carbonyl (C=O) groups is 2. The Balaban J connectivity index is 1.54. The summed E-state index contributed by atoms with van der Waals surface area (Å²) < 4.78 is 26.9. The summed E-state index contributed by atoms with van der Waals surface area (Å²) in [5.41, 5.74) is 1.08. The van der Waals surface area contributed by atoms with Crippen molar-refractivity contribution in [3.63, 3.8) is 0 Å². The average Bonchev–Trinajstić information content (AvgIpc) is 2.73. The van der Waals surface area contributed by atoms with E-state index in [1.807, 2.05) is 13.1 Å². The summed E-state index contributed by atoms with van der Waals surface area (Å²) in [6.07, 6.45) is 0.181. The minimum Gasteiger partial charge on any atom is -0.326 e. The van der Waals surface area contributed by atoms with Crippen molar-refractivity contribution in [1.82, 2.24) is 9.21 Å². The molecule has 0 bridgehead atoms. The number of Topliss-reactive ketones (excluding diaryl/α,β-unsaturated/α-hetero) is 1. The first-order valence-corrected chi connectivity index (χ1v) is 11.0. The van der Waals surface area contributed by atoms with E-state index in [1.54, 1.807) is 36.4 Å². The molecular formula is C21H25N3O4S. The van der Waals surface area contributed by atoms with Crippen molar-refractivity contribution in [3.05, 3.63) is 60.2 Å². The number of nitrogens with zero attached hydrogens (tertiary/aromatic N) is 2. The van der Waals surface area contributed by atoms with Gasteiger partial charge in [0.25, 0.3) is 0 Å². The van der Waals surface area contributed by atoms with Gasteiger partial charge in [0, 0.05) is 50.3 Å². The lowest BCUT2D eigenvalue weighted by Gasteiger charge is -2.31. The van der Waals surface area contributed by atoms with Crippen LogP contribution in [-0.4, -0.2) is 62.5 Å². The molecule has 1 amide bonds. The van der Waals surface area contributed by atoms with Crippen LogP contribution in [0.3, 0.4) is 0 Å². The quantitative estimate of drug-likeness (QED) is 0.701. The van der Waals surface area contributed by atoms with Crippen LogP contribution in [0.15, 0.2) is 59.5 Å². The van der Waals surface area contributed by atoms with Gasteiger partial charge in [-0.05, 0) is 31.3 Å². The summed E-state index contributed by atoms with van der Waals surface area (Å²) in [5.74, 6) is -0.377. The Bertz CT molecular complexity index is 951. The highest BCUT2D eigenvalue weighted by atomic mass is 32.2. The molecule has 1 aliphatic rings. The highest BCUT2D eigenvalue weighted by Gasteiger charge is 2.27. The van der Waals surface area contributed by atoms with E-state index in [0.717, 1.165) is 0 Å². The van der Waals surface area contributed by atoms with Crippen LogP contribution in [0.25, 0.3) is 0 Å². The molecule has 0 radical (unpaired) electrons. The van der Waals surface area contributed by atoms with Crippen molar-refractivity contribution in [3.8, 4) is 0 Å². The minimum atomic E-state index is -3.53. The number of nitrogens with one attached hydrogen (secondary N) is 1. The Hall–Kier alpha value is -2.55. The molecule has 0 unspecified atom stereocenters. The molecule has 1 aliphatic heterocycles. The highest BCUT2D eigenvalue weighted by Crippen LogP contribution is 2.20. The first kappa shape index (κ1) is 21.2. The monoisotopic (exact) mass is 415 g/mol. The van der Waals surface area contributed by atoms with Crippen LogP contribution in [0, 0.1) is 0 Å². The van der Waals surface area contributed by atoms with Crippen LogP contribution in [0.4, 0.5) is 5.69 Å². The number of rotatable bonds is 7. The highest BCUT2D eigenvalue weighted by molar-refractivity contribution is 7.89. The Morgan fingerprint density at radius 1 is 0.897 bits per heavy atom. The molecular weight excluding hydrogens is 390 g/mol. The summed E-state index contributed by atoms with van der Waals surface area (Å²) in [6.45, 7) is 2.34. The van der Waals surface area contributed by atoms with E-state index in [-0.39, 0.29) is 29.4 Å². The number of ketones is 1. The normalized spacial score (nSPS) is 15.8. The third-order valence-corrected chi connectivity index (χ3v) is 6.83. The second-order valence-electron chi connectivity index (χ2n) is 7.07. The van der Waals surface area contributed by atoms with Crippen molar-refractivity contribution in [2.45, 2.75) is 17.7 Å². The smallest absolute Gasteiger partial charge is 0.243 e. The van der Waals surface area contributed by atoms with Gasteiger partial charge in [0.2, 0.25) is 15.9 Å². The van der Waals surface area contributed by atoms with Gasteiger partial charge in [0.15, 0.2) is 5.78 Å². The second-order valence-corrected chi connectivity index (χ2v) is 9.01. The van der Waals surface area contributed by atoms with Crippen molar-refractivity contribution < 1.29 is 18.0 Å². The van der Waals surface area contributed by atoms with Crippen LogP contribution in [0.5, 0.6) is 0 Å². The molecule has 0 saturated carbocycles. The van der Waals surface area contributed by atoms with Gasteiger partial charge >= 0.3 is 0 Å². The Labute approximate surface area is 171 Å². The maximum atomic E-state index is 12.7. The first-order valence-electron chi connectivity index (χ1n) is 9.53. The van der Waals surface area contributed by atoms with Crippen molar-refractivity contribution >= 4 is 27.4 Å². The molecule has 1 N–H and O–H groups in total. The zero-order valence-electron chi connectivity index (χ0n) is 16.4. The second kappa shape index (κ2) is 9.30. The number of anilines is 1. The Kier molecular flexibility index (Phi) is 6.79. The molecule has 3 rings (SSSR count). The third-order valence-electron chi connectivity index (χ3n) is 4.91. The number of piperazine rings is 1. The molecule has 8 heteroatoms. The zero-order chi connectivity index (χ0) is 20.9. The number of hydrogen-bond donors (Lipinski definition) is 1. The lowest BCUT2D eigenvalue weighted by molar-refractivity contribution is -0.116. The molecule has 0 aromatic heterocycles. The molecule has 154 valence electrons. The van der Waals surface area contributed by atoms with Gasteiger partial charge in [-0.2, -0.15) is 4.31 Å². The number of likely N-dealkylation sites (N-methyl/N-ethyl adjacent to an activating group) is 1. The van der Waals surface area contributed by atoms with E-state index in [4.69, 9.17) is 0 Å². The number of sulfonamides is 1. The lowest BCUT2D eigenvalue weighted by Crippen LogP contribution is -2.46. The van der Waals surface area contributed by atoms with E-state index in [9.17, 15) is 18.0 Å². The summed E-state index contributed by atoms with van der Waals surface area (Å²) >= 11 is 0. The van der Waals surface area contributed by atoms with Gasteiger partial charge < -0.3 is 10.2 Å². The third kappa shape index (κ3) is 5.50. The topological polar surface area (TPSA) is 86.8 Å². The lowest BCUT2D eigenvalue weighted by atomic mass is 10.1. The van der Waals surface area contributed by atoms with Crippen LogP contribution in [0.1, 0.15) is 23.2 Å². The van der Waals surface area contributed by atoms with Gasteiger partial charge in [-0.25, -0.2) is 8.42 Å². The fraction of sp³-hybridized carbons (Fsp3) is 0.333. The maximum Gasteiger partial charge on any atom is 0.243 e. The SMILES string of the molecule is CN1CCN(S(=O)(=O)c2ccc(NC(=O)CCC(=O)c3ccccc3)cc2)CC1. The molecule has 0 atom stereocenters. The molecule has 29 heavy (non-hydrogen) atoms. The summed E-state index contributed by atoms with van der Waals surface area (Å²) in [5, 5.41) is 2.71. The molecule has 7 nitrogen and oxygen atoms in total. The predicted octanol–water partition coefficient (Wildman–Crippen LogP) is 2.22. The standard InChI is InChI=1S/C21H25N3O4S/c1-23-13-15-24(16-14-23)29(27,28)19-9-7-18(8-10-19)22-21(26)12-11-20(25)17-5-3-2-4-6-17/h2-10H,11-16H2,1H3,(H,22,26). The number of hydrogen-bond acceptors (Lipinski definition) is 5. The van der Waals surface area contributed by atoms with E-state index in [1.165, 1.54) is 16.4 Å². The average molecular weight is 416 g/mol. The molecule has 2 aromatic rings. The van der Waals surface area contributed by atoms with E-state index < -0.39 is 10.0 Å². The van der Waals surface area contributed by atoms with Gasteiger partial charge in [-0.3, -0.25) is 9.59 Å². The molecule has 1 saturated heterocycles. The number of carbonyl (C=O) groups excluding carboxylic acids is 2. The fourth-order valence-electron chi connectivity index (χ4n) is 3.11. The van der Waals surface area contributed by atoms with Crippen molar-refractivity contribution in [2.24, 2.45) is 0 Å². The van der Waals surface area contributed by atoms with E-state index >= 15 is 0 Å². The summed E-state index contributed by atoms with van der Waals surface area (Å²) in [7, 11) is -1.57. The van der Waals surface area contributed by atoms with Crippen LogP contribution in [0.2, 0.25) is 0 Å². The molecule has 0 spiro atoms.